The smallest absolute Gasteiger partial charge is 0.277 e. The predicted octanol–water partition coefficient (Wildman–Crippen LogP) is 4.60. The van der Waals surface area contributed by atoms with E-state index in [1.807, 2.05) is 60.8 Å². The number of carbonyl (C=O) groups is 1. The van der Waals surface area contributed by atoms with Crippen LogP contribution in [0, 0.1) is 19.8 Å². The summed E-state index contributed by atoms with van der Waals surface area (Å²) in [6.45, 7) is 5.90. The summed E-state index contributed by atoms with van der Waals surface area (Å²) in [5.74, 6) is 0.504. The van der Waals surface area contributed by atoms with E-state index in [-0.39, 0.29) is 17.4 Å². The van der Waals surface area contributed by atoms with Gasteiger partial charge in [0.2, 0.25) is 11.9 Å². The Labute approximate surface area is 202 Å². The normalized spacial score (nSPS) is 16.1. The fourth-order valence-corrected chi connectivity index (χ4v) is 5.31. The Kier molecular flexibility index (Phi) is 6.20. The average molecular weight is 473 g/mol. The SMILES string of the molecule is Cc1ccc(-n2c(N3CCCC(C(=O)NCc4ccccc4C)C3)nc3ccsc3c2=O)cc1. The van der Waals surface area contributed by atoms with Gasteiger partial charge >= 0.3 is 0 Å². The van der Waals surface area contributed by atoms with E-state index in [4.69, 9.17) is 4.98 Å². The second-order valence-electron chi connectivity index (χ2n) is 8.95. The molecule has 1 amide bonds. The van der Waals surface area contributed by atoms with Crippen LogP contribution >= 0.6 is 11.3 Å². The fraction of sp³-hybridized carbons (Fsp3) is 0.296. The highest BCUT2D eigenvalue weighted by Gasteiger charge is 2.29. The molecule has 0 bridgehead atoms. The Bertz CT molecular complexity index is 1390. The Balaban J connectivity index is 1.43. The Hall–Kier alpha value is -3.45. The van der Waals surface area contributed by atoms with E-state index in [1.54, 1.807) is 4.57 Å². The summed E-state index contributed by atoms with van der Waals surface area (Å²) < 4.78 is 2.35. The summed E-state index contributed by atoms with van der Waals surface area (Å²) >= 11 is 1.41. The molecule has 1 N–H and O–H groups in total. The average Bonchev–Trinajstić information content (AvgIpc) is 3.33. The molecular formula is C27H28N4O2S. The largest absolute Gasteiger partial charge is 0.352 e. The first-order valence-electron chi connectivity index (χ1n) is 11.7. The Morgan fingerprint density at radius 1 is 1.12 bits per heavy atom. The van der Waals surface area contributed by atoms with Gasteiger partial charge in [-0.25, -0.2) is 9.55 Å². The van der Waals surface area contributed by atoms with E-state index in [0.29, 0.717) is 29.3 Å². The molecule has 0 saturated carbocycles. The van der Waals surface area contributed by atoms with E-state index in [1.165, 1.54) is 16.9 Å². The van der Waals surface area contributed by atoms with Crippen LogP contribution in [-0.4, -0.2) is 28.5 Å². The summed E-state index contributed by atoms with van der Waals surface area (Å²) in [6.07, 6.45) is 1.69. The maximum atomic E-state index is 13.5. The molecule has 1 unspecified atom stereocenters. The molecule has 0 aliphatic carbocycles. The molecule has 1 aliphatic rings. The van der Waals surface area contributed by atoms with Crippen LogP contribution in [0.15, 0.2) is 64.8 Å². The number of fused-ring (bicyclic) bond motifs is 1. The van der Waals surface area contributed by atoms with Crippen molar-refractivity contribution in [3.05, 3.63) is 87.0 Å². The van der Waals surface area contributed by atoms with E-state index in [2.05, 4.69) is 23.2 Å². The van der Waals surface area contributed by atoms with Crippen LogP contribution in [0.1, 0.15) is 29.5 Å². The molecular weight excluding hydrogens is 444 g/mol. The zero-order chi connectivity index (χ0) is 23.7. The number of hydrogen-bond donors (Lipinski definition) is 1. The lowest BCUT2D eigenvalue weighted by molar-refractivity contribution is -0.125. The highest BCUT2D eigenvalue weighted by atomic mass is 32.1. The second kappa shape index (κ2) is 9.43. The van der Waals surface area contributed by atoms with Gasteiger partial charge < -0.3 is 10.2 Å². The highest BCUT2D eigenvalue weighted by Crippen LogP contribution is 2.27. The van der Waals surface area contributed by atoms with Gasteiger partial charge in [0.1, 0.15) is 4.70 Å². The summed E-state index contributed by atoms with van der Waals surface area (Å²) in [7, 11) is 0. The molecule has 2 aromatic carbocycles. The van der Waals surface area contributed by atoms with Crippen LogP contribution in [0.2, 0.25) is 0 Å². The van der Waals surface area contributed by atoms with Crippen LogP contribution in [0.3, 0.4) is 0 Å². The number of nitrogens with zero attached hydrogens (tertiary/aromatic N) is 3. The second-order valence-corrected chi connectivity index (χ2v) is 9.87. The lowest BCUT2D eigenvalue weighted by Crippen LogP contribution is -2.45. The maximum Gasteiger partial charge on any atom is 0.277 e. The molecule has 5 rings (SSSR count). The van der Waals surface area contributed by atoms with Crippen LogP contribution < -0.4 is 15.8 Å². The zero-order valence-electron chi connectivity index (χ0n) is 19.5. The van der Waals surface area contributed by atoms with Crippen molar-refractivity contribution in [1.29, 1.82) is 0 Å². The molecule has 34 heavy (non-hydrogen) atoms. The molecule has 1 aliphatic heterocycles. The number of nitrogens with one attached hydrogen (secondary N) is 1. The summed E-state index contributed by atoms with van der Waals surface area (Å²) in [5.41, 5.74) is 4.86. The monoisotopic (exact) mass is 472 g/mol. The first-order chi connectivity index (χ1) is 16.5. The lowest BCUT2D eigenvalue weighted by Gasteiger charge is -2.34. The number of rotatable bonds is 5. The molecule has 2 aromatic heterocycles. The van der Waals surface area contributed by atoms with Crippen molar-refractivity contribution < 1.29 is 4.79 Å². The van der Waals surface area contributed by atoms with Gasteiger partial charge in [-0.2, -0.15) is 0 Å². The van der Waals surface area contributed by atoms with E-state index in [0.717, 1.165) is 36.2 Å². The van der Waals surface area contributed by atoms with Crippen LogP contribution in [0.4, 0.5) is 5.95 Å². The lowest BCUT2D eigenvalue weighted by atomic mass is 9.97. The van der Waals surface area contributed by atoms with Gasteiger partial charge in [0.15, 0.2) is 0 Å². The third kappa shape index (κ3) is 4.35. The predicted molar refractivity (Wildman–Crippen MR) is 138 cm³/mol. The quantitative estimate of drug-likeness (QED) is 0.461. The van der Waals surface area contributed by atoms with E-state index < -0.39 is 0 Å². The van der Waals surface area contributed by atoms with E-state index in [9.17, 15) is 9.59 Å². The van der Waals surface area contributed by atoms with Crippen LogP contribution in [-0.2, 0) is 11.3 Å². The Morgan fingerprint density at radius 2 is 1.91 bits per heavy atom. The molecule has 6 nitrogen and oxygen atoms in total. The molecule has 3 heterocycles. The number of aryl methyl sites for hydroxylation is 2. The summed E-state index contributed by atoms with van der Waals surface area (Å²) in [6, 6.07) is 17.9. The summed E-state index contributed by atoms with van der Waals surface area (Å²) in [5, 5.41) is 5.02. The number of benzene rings is 2. The van der Waals surface area contributed by atoms with Gasteiger partial charge in [0.25, 0.3) is 5.56 Å². The number of thiophene rings is 1. The maximum absolute atomic E-state index is 13.5. The van der Waals surface area contributed by atoms with Gasteiger partial charge in [0, 0.05) is 19.6 Å². The first-order valence-corrected chi connectivity index (χ1v) is 12.5. The van der Waals surface area contributed by atoms with Crippen LogP contribution in [0.5, 0.6) is 0 Å². The molecule has 1 atom stereocenters. The minimum absolute atomic E-state index is 0.0498. The van der Waals surface area contributed by atoms with Crippen molar-refractivity contribution in [2.75, 3.05) is 18.0 Å². The minimum Gasteiger partial charge on any atom is -0.352 e. The van der Waals surface area contributed by atoms with Crippen LogP contribution in [0.25, 0.3) is 15.9 Å². The van der Waals surface area contributed by atoms with Crippen molar-refractivity contribution in [3.63, 3.8) is 0 Å². The molecule has 1 fully saturated rings. The van der Waals surface area contributed by atoms with Crippen molar-refractivity contribution in [2.45, 2.75) is 33.2 Å². The standard InChI is InChI=1S/C27H28N4O2S/c1-18-9-11-22(12-10-18)31-26(33)24-23(13-15-34-24)29-27(31)30-14-5-8-21(17-30)25(32)28-16-20-7-4-3-6-19(20)2/h3-4,6-7,9-13,15,21H,5,8,14,16-17H2,1-2H3,(H,28,32). The topological polar surface area (TPSA) is 67.2 Å². The van der Waals surface area contributed by atoms with Gasteiger partial charge in [0.05, 0.1) is 17.1 Å². The number of hydrogen-bond acceptors (Lipinski definition) is 5. The van der Waals surface area contributed by atoms with Crippen molar-refractivity contribution >= 4 is 33.4 Å². The summed E-state index contributed by atoms with van der Waals surface area (Å²) in [4.78, 5) is 33.5. The van der Waals surface area contributed by atoms with Gasteiger partial charge in [-0.15, -0.1) is 11.3 Å². The molecule has 4 aromatic rings. The third-order valence-corrected chi connectivity index (χ3v) is 7.44. The number of piperidine rings is 1. The zero-order valence-corrected chi connectivity index (χ0v) is 20.3. The molecule has 0 spiro atoms. The molecule has 7 heteroatoms. The van der Waals surface area contributed by atoms with Crippen molar-refractivity contribution in [2.24, 2.45) is 5.92 Å². The van der Waals surface area contributed by atoms with Crippen molar-refractivity contribution in [1.82, 2.24) is 14.9 Å². The number of aromatic nitrogens is 2. The Morgan fingerprint density at radius 3 is 2.71 bits per heavy atom. The number of anilines is 1. The fourth-order valence-electron chi connectivity index (χ4n) is 4.55. The van der Waals surface area contributed by atoms with Gasteiger partial charge in [-0.05, 0) is 61.4 Å². The third-order valence-electron chi connectivity index (χ3n) is 6.54. The van der Waals surface area contributed by atoms with E-state index >= 15 is 0 Å². The molecule has 0 radical (unpaired) electrons. The highest BCUT2D eigenvalue weighted by molar-refractivity contribution is 7.17. The number of carbonyl (C=O) groups excluding carboxylic acids is 1. The molecule has 1 saturated heterocycles. The number of amides is 1. The molecule has 174 valence electrons. The van der Waals surface area contributed by atoms with Gasteiger partial charge in [-0.3, -0.25) is 9.59 Å². The van der Waals surface area contributed by atoms with Gasteiger partial charge in [-0.1, -0.05) is 42.0 Å². The minimum atomic E-state index is -0.153. The van der Waals surface area contributed by atoms with Crippen molar-refractivity contribution in [3.8, 4) is 5.69 Å². The first kappa shape index (κ1) is 22.3.